The fourth-order valence-electron chi connectivity index (χ4n) is 1.71. The van der Waals surface area contributed by atoms with E-state index in [1.807, 2.05) is 30.3 Å². The van der Waals surface area contributed by atoms with Crippen LogP contribution in [0.5, 0.6) is 0 Å². The predicted molar refractivity (Wildman–Crippen MR) is 67.9 cm³/mol. The Hall–Kier alpha value is -2.20. The van der Waals surface area contributed by atoms with Gasteiger partial charge in [0.05, 0.1) is 0 Å². The van der Waals surface area contributed by atoms with E-state index in [1.165, 1.54) is 0 Å². The number of aliphatic carboxylic acids is 1. The number of nitrogens with one attached hydrogen (secondary N) is 1. The van der Waals surface area contributed by atoms with Crippen LogP contribution in [0.25, 0.3) is 0 Å². The van der Waals surface area contributed by atoms with Gasteiger partial charge in [0.1, 0.15) is 6.04 Å². The van der Waals surface area contributed by atoms with E-state index in [0.717, 1.165) is 5.56 Å². The van der Waals surface area contributed by atoms with Crippen LogP contribution in [0.3, 0.4) is 0 Å². The SMILES string of the molecule is O=C(O)[C@H](NCc1ccccc1)c1cccnc1. The summed E-state index contributed by atoms with van der Waals surface area (Å²) in [4.78, 5) is 15.2. The third-order valence-corrected chi connectivity index (χ3v) is 2.62. The first kappa shape index (κ1) is 12.3. The Labute approximate surface area is 105 Å². The van der Waals surface area contributed by atoms with Crippen LogP contribution in [-0.2, 0) is 11.3 Å². The Bertz CT molecular complexity index is 500. The summed E-state index contributed by atoms with van der Waals surface area (Å²) in [6.07, 6.45) is 3.19. The average molecular weight is 242 g/mol. The molecule has 1 heterocycles. The van der Waals surface area contributed by atoms with Crippen LogP contribution < -0.4 is 5.32 Å². The molecule has 0 aliphatic carbocycles. The molecule has 2 rings (SSSR count). The zero-order valence-corrected chi connectivity index (χ0v) is 9.78. The zero-order chi connectivity index (χ0) is 12.8. The van der Waals surface area contributed by atoms with Crippen molar-refractivity contribution in [3.63, 3.8) is 0 Å². The summed E-state index contributed by atoms with van der Waals surface area (Å²) in [6.45, 7) is 0.507. The van der Waals surface area contributed by atoms with E-state index in [1.54, 1.807) is 24.5 Å². The van der Waals surface area contributed by atoms with E-state index < -0.39 is 12.0 Å². The lowest BCUT2D eigenvalue weighted by molar-refractivity contribution is -0.139. The summed E-state index contributed by atoms with van der Waals surface area (Å²) in [5.41, 5.74) is 1.70. The van der Waals surface area contributed by atoms with Gasteiger partial charge in [-0.1, -0.05) is 36.4 Å². The maximum Gasteiger partial charge on any atom is 0.325 e. The van der Waals surface area contributed by atoms with Gasteiger partial charge in [0.15, 0.2) is 0 Å². The molecular weight excluding hydrogens is 228 g/mol. The maximum absolute atomic E-state index is 11.2. The zero-order valence-electron chi connectivity index (χ0n) is 9.78. The van der Waals surface area contributed by atoms with Gasteiger partial charge in [-0.05, 0) is 17.2 Å². The van der Waals surface area contributed by atoms with E-state index in [9.17, 15) is 9.90 Å². The van der Waals surface area contributed by atoms with Crippen molar-refractivity contribution in [3.8, 4) is 0 Å². The summed E-state index contributed by atoms with van der Waals surface area (Å²) in [5, 5.41) is 12.2. The third-order valence-electron chi connectivity index (χ3n) is 2.62. The van der Waals surface area contributed by atoms with Crippen molar-refractivity contribution in [2.45, 2.75) is 12.6 Å². The largest absolute Gasteiger partial charge is 0.480 e. The Morgan fingerprint density at radius 1 is 1.22 bits per heavy atom. The van der Waals surface area contributed by atoms with Crippen molar-refractivity contribution in [2.75, 3.05) is 0 Å². The molecule has 0 radical (unpaired) electrons. The number of hydrogen-bond donors (Lipinski definition) is 2. The predicted octanol–water partition coefficient (Wildman–Crippen LogP) is 2.00. The molecule has 2 N–H and O–H groups in total. The Balaban J connectivity index is 2.06. The van der Waals surface area contributed by atoms with Crippen LogP contribution in [0.15, 0.2) is 54.9 Å². The summed E-state index contributed by atoms with van der Waals surface area (Å²) in [6, 6.07) is 12.4. The molecule has 2 aromatic rings. The molecule has 1 aromatic carbocycles. The first-order valence-electron chi connectivity index (χ1n) is 5.67. The normalized spacial score (nSPS) is 12.0. The Morgan fingerprint density at radius 2 is 2.00 bits per heavy atom. The van der Waals surface area contributed by atoms with Gasteiger partial charge in [0.2, 0.25) is 0 Å². The van der Waals surface area contributed by atoms with Gasteiger partial charge >= 0.3 is 5.97 Å². The first-order valence-corrected chi connectivity index (χ1v) is 5.67. The van der Waals surface area contributed by atoms with Crippen LogP contribution in [0.2, 0.25) is 0 Å². The summed E-state index contributed by atoms with van der Waals surface area (Å²) in [5.74, 6) is -0.904. The van der Waals surface area contributed by atoms with E-state index in [0.29, 0.717) is 12.1 Å². The van der Waals surface area contributed by atoms with E-state index in [4.69, 9.17) is 0 Å². The Kier molecular flexibility index (Phi) is 4.04. The lowest BCUT2D eigenvalue weighted by Crippen LogP contribution is -2.28. The lowest BCUT2D eigenvalue weighted by atomic mass is 10.1. The van der Waals surface area contributed by atoms with Crippen LogP contribution in [0.1, 0.15) is 17.2 Å². The molecule has 0 amide bonds. The number of carboxylic acid groups (broad SMARTS) is 1. The van der Waals surface area contributed by atoms with Crippen LogP contribution in [0.4, 0.5) is 0 Å². The molecule has 0 saturated carbocycles. The molecule has 0 aliphatic rings. The van der Waals surface area contributed by atoms with Gasteiger partial charge in [0, 0.05) is 18.9 Å². The number of carboxylic acids is 1. The first-order chi connectivity index (χ1) is 8.77. The highest BCUT2D eigenvalue weighted by Gasteiger charge is 2.18. The molecule has 0 aliphatic heterocycles. The molecule has 0 bridgehead atoms. The number of pyridine rings is 1. The summed E-state index contributed by atoms with van der Waals surface area (Å²) >= 11 is 0. The minimum atomic E-state index is -0.904. The Morgan fingerprint density at radius 3 is 2.61 bits per heavy atom. The fourth-order valence-corrected chi connectivity index (χ4v) is 1.71. The topological polar surface area (TPSA) is 62.2 Å². The van der Waals surface area contributed by atoms with Crippen molar-refractivity contribution >= 4 is 5.97 Å². The van der Waals surface area contributed by atoms with Gasteiger partial charge < -0.3 is 5.11 Å². The lowest BCUT2D eigenvalue weighted by Gasteiger charge is -2.14. The monoisotopic (exact) mass is 242 g/mol. The smallest absolute Gasteiger partial charge is 0.325 e. The molecule has 4 nitrogen and oxygen atoms in total. The molecular formula is C14H14N2O2. The van der Waals surface area contributed by atoms with Gasteiger partial charge in [-0.3, -0.25) is 15.1 Å². The molecule has 4 heteroatoms. The molecule has 0 spiro atoms. The highest BCUT2D eigenvalue weighted by atomic mass is 16.4. The highest BCUT2D eigenvalue weighted by Crippen LogP contribution is 2.12. The number of rotatable bonds is 5. The van der Waals surface area contributed by atoms with Gasteiger partial charge in [0.25, 0.3) is 0 Å². The molecule has 1 atom stereocenters. The summed E-state index contributed by atoms with van der Waals surface area (Å²) < 4.78 is 0. The molecule has 0 unspecified atom stereocenters. The van der Waals surface area contributed by atoms with E-state index in [2.05, 4.69) is 10.3 Å². The minimum absolute atomic E-state index is 0.507. The van der Waals surface area contributed by atoms with Gasteiger partial charge in [-0.15, -0.1) is 0 Å². The quantitative estimate of drug-likeness (QED) is 0.841. The van der Waals surface area contributed by atoms with Crippen LogP contribution in [0, 0.1) is 0 Å². The fraction of sp³-hybridized carbons (Fsp3) is 0.143. The van der Waals surface area contributed by atoms with Crippen LogP contribution >= 0.6 is 0 Å². The molecule has 0 fully saturated rings. The molecule has 18 heavy (non-hydrogen) atoms. The second-order valence-electron chi connectivity index (χ2n) is 3.92. The van der Waals surface area contributed by atoms with E-state index >= 15 is 0 Å². The number of aromatic nitrogens is 1. The van der Waals surface area contributed by atoms with Crippen molar-refractivity contribution < 1.29 is 9.90 Å². The maximum atomic E-state index is 11.2. The number of hydrogen-bond acceptors (Lipinski definition) is 3. The van der Waals surface area contributed by atoms with Gasteiger partial charge in [-0.2, -0.15) is 0 Å². The highest BCUT2D eigenvalue weighted by molar-refractivity contribution is 5.75. The number of nitrogens with zero attached hydrogens (tertiary/aromatic N) is 1. The summed E-state index contributed by atoms with van der Waals surface area (Å²) in [7, 11) is 0. The van der Waals surface area contributed by atoms with E-state index in [-0.39, 0.29) is 0 Å². The molecule has 0 saturated heterocycles. The standard InChI is InChI=1S/C14H14N2O2/c17-14(18)13(12-7-4-8-15-10-12)16-9-11-5-2-1-3-6-11/h1-8,10,13,16H,9H2,(H,17,18)/t13-/m1/s1. The average Bonchev–Trinajstić information content (AvgIpc) is 2.41. The minimum Gasteiger partial charge on any atom is -0.480 e. The van der Waals surface area contributed by atoms with Crippen molar-refractivity contribution in [3.05, 3.63) is 66.0 Å². The molecule has 92 valence electrons. The second kappa shape index (κ2) is 5.93. The molecule has 1 aromatic heterocycles. The number of carbonyl (C=O) groups is 1. The number of benzene rings is 1. The van der Waals surface area contributed by atoms with Crippen molar-refractivity contribution in [1.29, 1.82) is 0 Å². The van der Waals surface area contributed by atoms with Crippen molar-refractivity contribution in [2.24, 2.45) is 0 Å². The van der Waals surface area contributed by atoms with Gasteiger partial charge in [-0.25, -0.2) is 0 Å². The van der Waals surface area contributed by atoms with Crippen LogP contribution in [-0.4, -0.2) is 16.1 Å². The van der Waals surface area contributed by atoms with Crippen molar-refractivity contribution in [1.82, 2.24) is 10.3 Å². The second-order valence-corrected chi connectivity index (χ2v) is 3.92. The third kappa shape index (κ3) is 3.15.